The molecule has 0 saturated carbocycles. The van der Waals surface area contributed by atoms with Crippen LogP contribution >= 0.6 is 0 Å². The summed E-state index contributed by atoms with van der Waals surface area (Å²) >= 11 is 0. The normalized spacial score (nSPS) is 14.4. The maximum atomic E-state index is 11.4. The molecule has 1 atom stereocenters. The summed E-state index contributed by atoms with van der Waals surface area (Å²) in [5.41, 5.74) is 0.435. The average Bonchev–Trinajstić information content (AvgIpc) is 2.15. The van der Waals surface area contributed by atoms with Crippen molar-refractivity contribution in [3.05, 3.63) is 12.2 Å². The lowest BCUT2D eigenvalue weighted by molar-refractivity contribution is -0.132. The van der Waals surface area contributed by atoms with Crippen LogP contribution in [0.4, 0.5) is 0 Å². The van der Waals surface area contributed by atoms with Crippen molar-refractivity contribution in [2.24, 2.45) is 0 Å². The van der Waals surface area contributed by atoms with Gasteiger partial charge in [-0.25, -0.2) is 4.79 Å². The van der Waals surface area contributed by atoms with Crippen LogP contribution in [-0.4, -0.2) is 21.1 Å². The van der Waals surface area contributed by atoms with E-state index in [0.29, 0.717) is 12.2 Å². The summed E-state index contributed by atoms with van der Waals surface area (Å²) in [7, 11) is -2.31. The lowest BCUT2D eigenvalue weighted by Crippen LogP contribution is -2.40. The number of hydrogen-bond donors (Lipinski definition) is 0. The summed E-state index contributed by atoms with van der Waals surface area (Å²) in [6, 6.07) is 0.858. The zero-order chi connectivity index (χ0) is 11.9. The summed E-state index contributed by atoms with van der Waals surface area (Å²) in [4.78, 5) is 11.4. The van der Waals surface area contributed by atoms with Gasteiger partial charge in [-0.2, -0.15) is 0 Å². The Morgan fingerprint density at radius 1 is 1.40 bits per heavy atom. The van der Waals surface area contributed by atoms with Crippen molar-refractivity contribution < 1.29 is 13.6 Å². The molecule has 0 bridgehead atoms. The van der Waals surface area contributed by atoms with Crippen LogP contribution < -0.4 is 0 Å². The van der Waals surface area contributed by atoms with E-state index in [2.05, 4.69) is 13.5 Å². The molecule has 0 amide bonds. The zero-order valence-corrected chi connectivity index (χ0v) is 11.3. The smallest absolute Gasteiger partial charge is 0.398 e. The maximum absolute atomic E-state index is 11.4. The van der Waals surface area contributed by atoms with Gasteiger partial charge >= 0.3 is 14.5 Å². The van der Waals surface area contributed by atoms with Gasteiger partial charge in [-0.1, -0.05) is 26.3 Å². The first-order valence-corrected chi connectivity index (χ1v) is 8.00. The predicted molar refractivity (Wildman–Crippen MR) is 63.9 cm³/mol. The third kappa shape index (κ3) is 5.74. The molecule has 0 spiro atoms. The molecule has 0 fully saturated rings. The van der Waals surface area contributed by atoms with Crippen LogP contribution in [0.15, 0.2) is 12.2 Å². The van der Waals surface area contributed by atoms with E-state index in [1.165, 1.54) is 0 Å². The second-order valence-electron chi connectivity index (χ2n) is 3.84. The first-order valence-electron chi connectivity index (χ1n) is 5.48. The van der Waals surface area contributed by atoms with Gasteiger partial charge in [0.1, 0.15) is 0 Å². The minimum absolute atomic E-state index is 0.325. The molecule has 0 aromatic heterocycles. The van der Waals surface area contributed by atoms with Crippen LogP contribution in [0.3, 0.4) is 0 Å². The summed E-state index contributed by atoms with van der Waals surface area (Å²) in [5.74, 6) is -0.325. The van der Waals surface area contributed by atoms with Gasteiger partial charge in [0, 0.05) is 18.2 Å². The summed E-state index contributed by atoms with van der Waals surface area (Å²) in [5, 5.41) is 0. The molecule has 0 aliphatic rings. The lowest BCUT2D eigenvalue weighted by atomic mass is 10.4. The molecule has 3 nitrogen and oxygen atoms in total. The van der Waals surface area contributed by atoms with Crippen molar-refractivity contribution >= 4 is 14.5 Å². The minimum atomic E-state index is -2.31. The Morgan fingerprint density at radius 2 is 2.00 bits per heavy atom. The topological polar surface area (TPSA) is 35.5 Å². The first-order chi connectivity index (χ1) is 6.95. The molecule has 0 aromatic carbocycles. The Kier molecular flexibility index (Phi) is 6.52. The molecular formula is C11H22O3Si. The number of carbonyl (C=O) groups is 1. The van der Waals surface area contributed by atoms with Crippen molar-refractivity contribution in [3.63, 3.8) is 0 Å². The van der Waals surface area contributed by atoms with Crippen molar-refractivity contribution in [3.8, 4) is 0 Å². The molecule has 88 valence electrons. The van der Waals surface area contributed by atoms with Crippen LogP contribution in [0.25, 0.3) is 0 Å². The lowest BCUT2D eigenvalue weighted by Gasteiger charge is -2.25. The standard InChI is InChI=1S/C11H22O3Si/c1-6-8-9-15(5,13-7-2)14-11(12)10(3)4/h3,6-9H2,1-2,4-5H3. The van der Waals surface area contributed by atoms with E-state index in [1.807, 2.05) is 13.5 Å². The van der Waals surface area contributed by atoms with Crippen molar-refractivity contribution in [1.82, 2.24) is 0 Å². The van der Waals surface area contributed by atoms with E-state index in [1.54, 1.807) is 6.92 Å². The van der Waals surface area contributed by atoms with Crippen molar-refractivity contribution in [1.29, 1.82) is 0 Å². The molecule has 0 aromatic rings. The van der Waals surface area contributed by atoms with Gasteiger partial charge in [0.15, 0.2) is 0 Å². The van der Waals surface area contributed by atoms with E-state index in [4.69, 9.17) is 8.85 Å². The van der Waals surface area contributed by atoms with Gasteiger partial charge in [0.25, 0.3) is 0 Å². The second kappa shape index (κ2) is 6.79. The van der Waals surface area contributed by atoms with Crippen LogP contribution in [0, 0.1) is 0 Å². The largest absolute Gasteiger partial charge is 0.491 e. The van der Waals surface area contributed by atoms with Gasteiger partial charge in [-0.15, -0.1) is 0 Å². The zero-order valence-electron chi connectivity index (χ0n) is 10.3. The van der Waals surface area contributed by atoms with Gasteiger partial charge in [0.05, 0.1) is 0 Å². The fourth-order valence-electron chi connectivity index (χ4n) is 1.24. The molecule has 4 heteroatoms. The number of carbonyl (C=O) groups excluding carboxylic acids is 1. The third-order valence-electron chi connectivity index (χ3n) is 2.09. The summed E-state index contributed by atoms with van der Waals surface area (Å²) in [6.07, 6.45) is 2.12. The monoisotopic (exact) mass is 230 g/mol. The Labute approximate surface area is 93.7 Å². The molecule has 0 aliphatic carbocycles. The highest BCUT2D eigenvalue weighted by atomic mass is 28.4. The Balaban J connectivity index is 4.35. The molecular weight excluding hydrogens is 208 g/mol. The Bertz CT molecular complexity index is 228. The van der Waals surface area contributed by atoms with Crippen LogP contribution in [0.5, 0.6) is 0 Å². The maximum Gasteiger partial charge on any atom is 0.398 e. The summed E-state index contributed by atoms with van der Waals surface area (Å²) in [6.45, 7) is 11.8. The molecule has 0 N–H and O–H groups in total. The van der Waals surface area contributed by atoms with Gasteiger partial charge in [-0.05, 0) is 20.4 Å². The van der Waals surface area contributed by atoms with Gasteiger partial charge in [0.2, 0.25) is 0 Å². The molecule has 0 saturated heterocycles. The van der Waals surface area contributed by atoms with E-state index >= 15 is 0 Å². The minimum Gasteiger partial charge on any atom is -0.491 e. The highest BCUT2D eigenvalue weighted by molar-refractivity contribution is 6.67. The van der Waals surface area contributed by atoms with E-state index in [9.17, 15) is 4.79 Å². The highest BCUT2D eigenvalue weighted by Gasteiger charge is 2.34. The number of rotatable bonds is 7. The molecule has 1 unspecified atom stereocenters. The van der Waals surface area contributed by atoms with E-state index < -0.39 is 8.56 Å². The molecule has 0 rings (SSSR count). The first kappa shape index (κ1) is 14.4. The fraction of sp³-hybridized carbons (Fsp3) is 0.727. The highest BCUT2D eigenvalue weighted by Crippen LogP contribution is 2.18. The molecule has 0 heterocycles. The number of hydrogen-bond acceptors (Lipinski definition) is 3. The summed E-state index contributed by atoms with van der Waals surface area (Å²) < 4.78 is 11.0. The van der Waals surface area contributed by atoms with Crippen LogP contribution in [0.1, 0.15) is 33.6 Å². The molecule has 15 heavy (non-hydrogen) atoms. The SMILES string of the molecule is C=C(C)C(=O)O[Si](C)(CCCC)OCC. The van der Waals surface area contributed by atoms with Crippen molar-refractivity contribution in [2.75, 3.05) is 6.61 Å². The molecule has 0 aliphatic heterocycles. The third-order valence-corrected chi connectivity index (χ3v) is 4.87. The van der Waals surface area contributed by atoms with Crippen molar-refractivity contribution in [2.45, 2.75) is 46.2 Å². The Morgan fingerprint density at radius 3 is 2.40 bits per heavy atom. The van der Waals surface area contributed by atoms with Gasteiger partial charge < -0.3 is 8.85 Å². The number of unbranched alkanes of at least 4 members (excludes halogenated alkanes) is 1. The van der Waals surface area contributed by atoms with Crippen LogP contribution in [-0.2, 0) is 13.6 Å². The average molecular weight is 230 g/mol. The fourth-order valence-corrected chi connectivity index (χ4v) is 3.72. The van der Waals surface area contributed by atoms with Crippen LogP contribution in [0.2, 0.25) is 12.6 Å². The van der Waals surface area contributed by atoms with Gasteiger partial charge in [-0.3, -0.25) is 0 Å². The Hall–Kier alpha value is -0.613. The van der Waals surface area contributed by atoms with E-state index in [-0.39, 0.29) is 5.97 Å². The quantitative estimate of drug-likeness (QED) is 0.498. The van der Waals surface area contributed by atoms with E-state index in [0.717, 1.165) is 18.9 Å². The predicted octanol–water partition coefficient (Wildman–Crippen LogP) is 3.01. The molecule has 0 radical (unpaired) electrons. The second-order valence-corrected chi connectivity index (χ2v) is 7.10.